The molecule has 1 heteroatoms. The van der Waals surface area contributed by atoms with Crippen LogP contribution in [0.4, 0.5) is 0 Å². The van der Waals surface area contributed by atoms with E-state index in [4.69, 9.17) is 12.6 Å². The van der Waals surface area contributed by atoms with Crippen LogP contribution in [-0.4, -0.2) is 0 Å². The number of benzene rings is 9. The van der Waals surface area contributed by atoms with E-state index < -0.39 is 12.1 Å². The molecule has 0 aliphatic heterocycles. The summed E-state index contributed by atoms with van der Waals surface area (Å²) in [7, 11) is 0. The van der Waals surface area contributed by atoms with Crippen LogP contribution in [0.3, 0.4) is 0 Å². The van der Waals surface area contributed by atoms with Gasteiger partial charge in [0.2, 0.25) is 0 Å². The standard InChI is InChI=1S/C46H28O/c1-3-14-33-29(11-1)13-9-21-36(33)44-39-18-7-5-16-37(39)43(38-17-6-8-19-40(38)44)32-25-23-31(24-26-32)35-20-10-22-41-45-34-15-4-2-12-30(34)27-28-42(45)47-46(35)41/h1-28H/i1D,3D,9D,11D,13D,14D,21D. The van der Waals surface area contributed by atoms with Gasteiger partial charge in [0.15, 0.2) is 0 Å². The average Bonchev–Trinajstić information content (AvgIpc) is 3.60. The van der Waals surface area contributed by atoms with Crippen molar-refractivity contribution in [3.8, 4) is 33.4 Å². The number of fused-ring (bicyclic) bond motifs is 8. The smallest absolute Gasteiger partial charge is 0.143 e. The molecule has 10 rings (SSSR count). The first kappa shape index (κ1) is 20.0. The summed E-state index contributed by atoms with van der Waals surface area (Å²) >= 11 is 0. The molecule has 0 bridgehead atoms. The van der Waals surface area contributed by atoms with Crippen LogP contribution in [0.1, 0.15) is 9.60 Å². The van der Waals surface area contributed by atoms with E-state index in [1.165, 1.54) is 0 Å². The van der Waals surface area contributed by atoms with Gasteiger partial charge in [0.1, 0.15) is 11.2 Å². The second-order valence-electron chi connectivity index (χ2n) is 11.9. The Bertz CT molecular complexity index is 3170. The lowest BCUT2D eigenvalue weighted by atomic mass is 9.84. The van der Waals surface area contributed by atoms with E-state index in [1.807, 2.05) is 60.7 Å². The fourth-order valence-electron chi connectivity index (χ4n) is 7.32. The molecule has 9 aromatic carbocycles. The molecule has 0 saturated heterocycles. The predicted molar refractivity (Wildman–Crippen MR) is 200 cm³/mol. The summed E-state index contributed by atoms with van der Waals surface area (Å²) in [6, 6.07) is 40.2. The molecule has 1 heterocycles. The van der Waals surface area contributed by atoms with Crippen LogP contribution in [0.25, 0.3) is 98.4 Å². The predicted octanol–water partition coefficient (Wildman–Crippen LogP) is 13.2. The number of rotatable bonds is 3. The normalized spacial score (nSPS) is 13.9. The van der Waals surface area contributed by atoms with Gasteiger partial charge in [-0.1, -0.05) is 164 Å². The Balaban J connectivity index is 1.22. The highest BCUT2D eigenvalue weighted by Gasteiger charge is 2.19. The van der Waals surface area contributed by atoms with Crippen LogP contribution in [0.15, 0.2) is 174 Å². The molecule has 0 N–H and O–H groups in total. The maximum Gasteiger partial charge on any atom is 0.143 e. The zero-order chi connectivity index (χ0) is 37.0. The topological polar surface area (TPSA) is 13.1 Å². The van der Waals surface area contributed by atoms with Gasteiger partial charge in [0.05, 0.1) is 9.60 Å². The average molecular weight is 604 g/mol. The molecule has 0 unspecified atom stereocenters. The van der Waals surface area contributed by atoms with Crippen molar-refractivity contribution < 1.29 is 14.0 Å². The maximum atomic E-state index is 9.19. The highest BCUT2D eigenvalue weighted by atomic mass is 16.3. The van der Waals surface area contributed by atoms with Crippen LogP contribution in [0, 0.1) is 0 Å². The Hall–Kier alpha value is -6.18. The summed E-state index contributed by atoms with van der Waals surface area (Å²) in [5, 5.41) is 7.83. The molecule has 0 spiro atoms. The van der Waals surface area contributed by atoms with Crippen molar-refractivity contribution >= 4 is 65.0 Å². The largest absolute Gasteiger partial charge is 0.455 e. The van der Waals surface area contributed by atoms with Crippen molar-refractivity contribution in [3.63, 3.8) is 0 Å². The third-order valence-corrected chi connectivity index (χ3v) is 9.37. The number of hydrogen-bond donors (Lipinski definition) is 0. The Kier molecular flexibility index (Phi) is 4.34. The van der Waals surface area contributed by atoms with Crippen LogP contribution in [0.5, 0.6) is 0 Å². The zero-order valence-electron chi connectivity index (χ0n) is 32.0. The van der Waals surface area contributed by atoms with E-state index >= 15 is 0 Å². The summed E-state index contributed by atoms with van der Waals surface area (Å²) in [6.07, 6.45) is 0. The highest BCUT2D eigenvalue weighted by Crippen LogP contribution is 2.46. The molecular weight excluding hydrogens is 569 g/mol. The maximum absolute atomic E-state index is 9.19. The van der Waals surface area contributed by atoms with Crippen LogP contribution in [0.2, 0.25) is 0 Å². The lowest BCUT2D eigenvalue weighted by molar-refractivity contribution is 0.670. The van der Waals surface area contributed by atoms with Crippen molar-refractivity contribution in [1.29, 1.82) is 0 Å². The van der Waals surface area contributed by atoms with Crippen molar-refractivity contribution in [2.45, 2.75) is 0 Å². The minimum atomic E-state index is -0.470. The summed E-state index contributed by atoms with van der Waals surface area (Å²) < 4.78 is 67.6. The first-order valence-corrected chi connectivity index (χ1v) is 15.6. The molecule has 0 aliphatic carbocycles. The molecule has 0 saturated carbocycles. The van der Waals surface area contributed by atoms with Crippen LogP contribution >= 0.6 is 0 Å². The Morgan fingerprint density at radius 2 is 1.00 bits per heavy atom. The Morgan fingerprint density at radius 3 is 1.77 bits per heavy atom. The van der Waals surface area contributed by atoms with Gasteiger partial charge in [-0.25, -0.2) is 0 Å². The Morgan fingerprint density at radius 1 is 0.383 bits per heavy atom. The number of para-hydroxylation sites is 1. The van der Waals surface area contributed by atoms with Crippen LogP contribution < -0.4 is 0 Å². The van der Waals surface area contributed by atoms with Gasteiger partial charge in [-0.05, 0) is 77.0 Å². The van der Waals surface area contributed by atoms with E-state index in [9.17, 15) is 1.37 Å². The Labute approximate surface area is 281 Å². The van der Waals surface area contributed by atoms with Crippen LogP contribution in [-0.2, 0) is 0 Å². The quantitative estimate of drug-likeness (QED) is 0.183. The summed E-state index contributed by atoms with van der Waals surface area (Å²) in [4.78, 5) is 0. The fraction of sp³-hybridized carbons (Fsp3) is 0. The second-order valence-corrected chi connectivity index (χ2v) is 11.9. The first-order chi connectivity index (χ1) is 26.2. The molecule has 1 nitrogen and oxygen atoms in total. The van der Waals surface area contributed by atoms with Gasteiger partial charge < -0.3 is 4.42 Å². The second kappa shape index (κ2) is 10.2. The SMILES string of the molecule is [2H]c1c([2H])c([2H])c2c(-c3c4ccccc4c(-c4ccc(-c5cccc6c5oc5ccc7ccccc7c56)cc4)c4ccccc34)c([2H])c([2H])c([2H])c2c1[2H]. The van der Waals surface area contributed by atoms with E-state index in [2.05, 4.69) is 66.7 Å². The van der Waals surface area contributed by atoms with E-state index in [-0.39, 0.29) is 46.5 Å². The van der Waals surface area contributed by atoms with E-state index in [0.29, 0.717) is 5.56 Å². The van der Waals surface area contributed by atoms with Crippen molar-refractivity contribution in [1.82, 2.24) is 0 Å². The van der Waals surface area contributed by atoms with Gasteiger partial charge in [-0.3, -0.25) is 0 Å². The molecule has 0 aliphatic rings. The highest BCUT2D eigenvalue weighted by molar-refractivity contribution is 6.24. The lowest BCUT2D eigenvalue weighted by Crippen LogP contribution is -1.91. The summed E-state index contributed by atoms with van der Waals surface area (Å²) in [5.41, 5.74) is 6.45. The minimum absolute atomic E-state index is 0.0579. The third kappa shape index (κ3) is 3.90. The fourth-order valence-corrected chi connectivity index (χ4v) is 7.32. The summed E-state index contributed by atoms with van der Waals surface area (Å²) in [6.45, 7) is 0. The molecule has 218 valence electrons. The van der Waals surface area contributed by atoms with Crippen molar-refractivity contribution in [3.05, 3.63) is 170 Å². The van der Waals surface area contributed by atoms with E-state index in [0.717, 1.165) is 76.5 Å². The summed E-state index contributed by atoms with van der Waals surface area (Å²) in [5.74, 6) is 0. The van der Waals surface area contributed by atoms with Gasteiger partial charge in [-0.2, -0.15) is 0 Å². The van der Waals surface area contributed by atoms with Gasteiger partial charge >= 0.3 is 0 Å². The third-order valence-electron chi connectivity index (χ3n) is 9.37. The molecule has 1 aromatic heterocycles. The molecule has 10 aromatic rings. The monoisotopic (exact) mass is 603 g/mol. The molecule has 0 radical (unpaired) electrons. The zero-order valence-corrected chi connectivity index (χ0v) is 25.0. The van der Waals surface area contributed by atoms with E-state index in [1.54, 1.807) is 0 Å². The minimum Gasteiger partial charge on any atom is -0.455 e. The molecule has 0 fully saturated rings. The first-order valence-electron chi connectivity index (χ1n) is 19.1. The number of furan rings is 1. The molecule has 0 atom stereocenters. The number of hydrogen-bond acceptors (Lipinski definition) is 1. The van der Waals surface area contributed by atoms with Crippen molar-refractivity contribution in [2.75, 3.05) is 0 Å². The van der Waals surface area contributed by atoms with Gasteiger partial charge in [-0.15, -0.1) is 0 Å². The van der Waals surface area contributed by atoms with Crippen molar-refractivity contribution in [2.24, 2.45) is 0 Å². The van der Waals surface area contributed by atoms with Gasteiger partial charge in [0.25, 0.3) is 0 Å². The van der Waals surface area contributed by atoms with Gasteiger partial charge in [0, 0.05) is 16.3 Å². The lowest BCUT2D eigenvalue weighted by Gasteiger charge is -2.19. The molecule has 47 heavy (non-hydrogen) atoms. The molecular formula is C46H28O. The molecule has 0 amide bonds.